The minimum Gasteiger partial charge on any atom is -0.497 e. The molecule has 2 aliphatic heterocycles. The highest BCUT2D eigenvalue weighted by molar-refractivity contribution is 5.97. The number of benzene rings is 1. The van der Waals surface area contributed by atoms with E-state index in [-0.39, 0.29) is 23.1 Å². The Bertz CT molecular complexity index is 881. The van der Waals surface area contributed by atoms with Gasteiger partial charge in [0.2, 0.25) is 5.91 Å². The van der Waals surface area contributed by atoms with Crippen LogP contribution in [0.25, 0.3) is 0 Å². The Morgan fingerprint density at radius 3 is 2.79 bits per heavy atom. The normalized spacial score (nSPS) is 20.4. The number of carbonyl (C=O) groups excluding carboxylic acids is 2. The van der Waals surface area contributed by atoms with Crippen LogP contribution in [-0.2, 0) is 9.53 Å². The Balaban J connectivity index is 1.57. The van der Waals surface area contributed by atoms with E-state index in [2.05, 4.69) is 10.3 Å². The van der Waals surface area contributed by atoms with Crippen molar-refractivity contribution < 1.29 is 19.1 Å². The van der Waals surface area contributed by atoms with Crippen LogP contribution < -0.4 is 10.1 Å². The van der Waals surface area contributed by atoms with E-state index in [0.717, 1.165) is 12.8 Å². The van der Waals surface area contributed by atoms with Gasteiger partial charge in [-0.05, 0) is 43.2 Å². The Morgan fingerprint density at radius 2 is 2.07 bits per heavy atom. The van der Waals surface area contributed by atoms with Gasteiger partial charge in [-0.1, -0.05) is 6.07 Å². The van der Waals surface area contributed by atoms with E-state index >= 15 is 0 Å². The monoisotopic (exact) mass is 395 g/mol. The summed E-state index contributed by atoms with van der Waals surface area (Å²) in [6.07, 6.45) is 4.82. The van der Waals surface area contributed by atoms with Crippen LogP contribution in [0.5, 0.6) is 5.75 Å². The molecule has 3 heterocycles. The Hall–Kier alpha value is -2.93. The largest absolute Gasteiger partial charge is 0.497 e. The molecule has 2 aliphatic rings. The molecule has 152 valence electrons. The summed E-state index contributed by atoms with van der Waals surface area (Å²) in [6, 6.07) is 10.7. The molecule has 1 unspecified atom stereocenters. The van der Waals surface area contributed by atoms with E-state index in [4.69, 9.17) is 9.47 Å². The van der Waals surface area contributed by atoms with E-state index in [1.54, 1.807) is 48.7 Å². The number of nitrogens with zero attached hydrogens (tertiary/aromatic N) is 2. The number of nitrogens with one attached hydrogen (secondary N) is 1. The van der Waals surface area contributed by atoms with E-state index in [0.29, 0.717) is 43.3 Å². The number of anilines is 1. The van der Waals surface area contributed by atoms with Crippen molar-refractivity contribution in [2.75, 3.05) is 38.7 Å². The lowest BCUT2D eigenvalue weighted by molar-refractivity contribution is -0.124. The molecule has 1 aromatic carbocycles. The third-order valence-electron chi connectivity index (χ3n) is 5.99. The number of likely N-dealkylation sites (tertiary alicyclic amines) is 1. The lowest BCUT2D eigenvalue weighted by Gasteiger charge is -2.37. The maximum Gasteiger partial charge on any atom is 0.254 e. The number of pyridine rings is 1. The molecule has 1 atom stereocenters. The first-order valence-corrected chi connectivity index (χ1v) is 9.83. The predicted molar refractivity (Wildman–Crippen MR) is 108 cm³/mol. The van der Waals surface area contributed by atoms with Crippen molar-refractivity contribution in [3.8, 4) is 5.75 Å². The molecule has 0 saturated carbocycles. The van der Waals surface area contributed by atoms with Gasteiger partial charge in [0.05, 0.1) is 24.9 Å². The van der Waals surface area contributed by atoms with Crippen molar-refractivity contribution in [1.82, 2.24) is 9.88 Å². The molecule has 0 radical (unpaired) electrons. The summed E-state index contributed by atoms with van der Waals surface area (Å²) in [5.41, 5.74) is 0.969. The summed E-state index contributed by atoms with van der Waals surface area (Å²) >= 11 is 0. The number of aromatic nitrogens is 1. The topological polar surface area (TPSA) is 80.8 Å². The van der Waals surface area contributed by atoms with Crippen LogP contribution in [0.2, 0.25) is 0 Å². The first kappa shape index (κ1) is 19.4. The number of hydrogen-bond acceptors (Lipinski definition) is 5. The molecule has 7 nitrogen and oxygen atoms in total. The smallest absolute Gasteiger partial charge is 0.254 e. The van der Waals surface area contributed by atoms with Gasteiger partial charge in [0.1, 0.15) is 5.75 Å². The van der Waals surface area contributed by atoms with Gasteiger partial charge < -0.3 is 19.7 Å². The van der Waals surface area contributed by atoms with E-state index in [1.165, 1.54) is 0 Å². The average molecular weight is 395 g/mol. The third-order valence-corrected chi connectivity index (χ3v) is 5.99. The zero-order valence-electron chi connectivity index (χ0n) is 16.5. The van der Waals surface area contributed by atoms with Gasteiger partial charge in [0, 0.05) is 43.5 Å². The molecule has 1 N–H and O–H groups in total. The number of ether oxygens (including phenoxy) is 2. The average Bonchev–Trinajstić information content (AvgIpc) is 3.13. The fourth-order valence-corrected chi connectivity index (χ4v) is 4.37. The van der Waals surface area contributed by atoms with Crippen molar-refractivity contribution in [3.63, 3.8) is 0 Å². The van der Waals surface area contributed by atoms with Crippen LogP contribution in [0, 0.1) is 11.3 Å². The van der Waals surface area contributed by atoms with Gasteiger partial charge in [0.15, 0.2) is 0 Å². The highest BCUT2D eigenvalue weighted by Gasteiger charge is 2.51. The van der Waals surface area contributed by atoms with Gasteiger partial charge in [-0.25, -0.2) is 0 Å². The van der Waals surface area contributed by atoms with Gasteiger partial charge in [-0.2, -0.15) is 0 Å². The molecule has 4 rings (SSSR count). The third kappa shape index (κ3) is 3.96. The molecule has 2 aromatic rings. The van der Waals surface area contributed by atoms with E-state index in [9.17, 15) is 9.59 Å². The second kappa shape index (κ2) is 8.21. The van der Waals surface area contributed by atoms with E-state index < -0.39 is 0 Å². The van der Waals surface area contributed by atoms with Crippen molar-refractivity contribution in [2.24, 2.45) is 11.3 Å². The summed E-state index contributed by atoms with van der Waals surface area (Å²) in [4.78, 5) is 32.2. The van der Waals surface area contributed by atoms with Gasteiger partial charge in [-0.3, -0.25) is 14.6 Å². The molecule has 2 fully saturated rings. The Labute approximate surface area is 170 Å². The number of methoxy groups -OCH3 is 1. The number of hydrogen-bond donors (Lipinski definition) is 1. The van der Waals surface area contributed by atoms with Crippen LogP contribution in [0.4, 0.5) is 5.69 Å². The lowest BCUT2D eigenvalue weighted by atomic mass is 9.71. The quantitative estimate of drug-likeness (QED) is 0.861. The minimum absolute atomic E-state index is 0.0687. The molecular weight excluding hydrogens is 370 g/mol. The lowest BCUT2D eigenvalue weighted by Crippen LogP contribution is -2.42. The molecule has 1 spiro atoms. The van der Waals surface area contributed by atoms with Crippen molar-refractivity contribution >= 4 is 17.5 Å². The fraction of sp³-hybridized carbons (Fsp3) is 0.409. The standard InChI is InChI=1S/C22H25N3O4/c1-28-18-6-2-4-16(12-18)21(27)25-14-19(22(15-25)7-10-29-11-8-22)20(26)24-17-5-3-9-23-13-17/h2-6,9,12-13,19H,7-8,10-11,14-15H2,1H3,(H,24,26). The molecule has 7 heteroatoms. The molecule has 0 aliphatic carbocycles. The molecule has 0 bridgehead atoms. The fourth-order valence-electron chi connectivity index (χ4n) is 4.37. The van der Waals surface area contributed by atoms with Gasteiger partial charge in [0.25, 0.3) is 5.91 Å². The van der Waals surface area contributed by atoms with Crippen LogP contribution in [0.3, 0.4) is 0 Å². The summed E-state index contributed by atoms with van der Waals surface area (Å²) in [5.74, 6) is 0.204. The molecule has 1 aromatic heterocycles. The summed E-state index contributed by atoms with van der Waals surface area (Å²) in [5, 5.41) is 2.97. The number of amides is 2. The van der Waals surface area contributed by atoms with Crippen LogP contribution in [-0.4, -0.2) is 55.1 Å². The summed E-state index contributed by atoms with van der Waals surface area (Å²) in [7, 11) is 1.58. The van der Waals surface area contributed by atoms with Crippen LogP contribution in [0.15, 0.2) is 48.8 Å². The highest BCUT2D eigenvalue weighted by atomic mass is 16.5. The minimum atomic E-state index is -0.291. The van der Waals surface area contributed by atoms with Gasteiger partial charge >= 0.3 is 0 Å². The zero-order chi connectivity index (χ0) is 20.3. The second-order valence-corrected chi connectivity index (χ2v) is 7.68. The summed E-state index contributed by atoms with van der Waals surface area (Å²) in [6.45, 7) is 2.16. The van der Waals surface area contributed by atoms with Crippen molar-refractivity contribution in [3.05, 3.63) is 54.4 Å². The molecule has 29 heavy (non-hydrogen) atoms. The molecule has 2 amide bonds. The number of rotatable bonds is 4. The van der Waals surface area contributed by atoms with Crippen molar-refractivity contribution in [2.45, 2.75) is 12.8 Å². The zero-order valence-corrected chi connectivity index (χ0v) is 16.5. The maximum absolute atomic E-state index is 13.2. The van der Waals surface area contributed by atoms with Gasteiger partial charge in [-0.15, -0.1) is 0 Å². The van der Waals surface area contributed by atoms with Crippen molar-refractivity contribution in [1.29, 1.82) is 0 Å². The molecule has 2 saturated heterocycles. The first-order chi connectivity index (χ1) is 14.1. The Kier molecular flexibility index (Phi) is 5.49. The first-order valence-electron chi connectivity index (χ1n) is 9.83. The SMILES string of the molecule is COc1cccc(C(=O)N2CC(C(=O)Nc3cccnc3)C3(CCOCC3)C2)c1. The summed E-state index contributed by atoms with van der Waals surface area (Å²) < 4.78 is 10.8. The number of carbonyl (C=O) groups is 2. The predicted octanol–water partition coefficient (Wildman–Crippen LogP) is 2.60. The van der Waals surface area contributed by atoms with Crippen LogP contribution >= 0.6 is 0 Å². The highest BCUT2D eigenvalue weighted by Crippen LogP contribution is 2.45. The maximum atomic E-state index is 13.2. The molecular formula is C22H25N3O4. The second-order valence-electron chi connectivity index (χ2n) is 7.68. The Morgan fingerprint density at radius 1 is 1.24 bits per heavy atom. The van der Waals surface area contributed by atoms with E-state index in [1.807, 2.05) is 12.1 Å². The van der Waals surface area contributed by atoms with Crippen LogP contribution in [0.1, 0.15) is 23.2 Å².